The van der Waals surface area contributed by atoms with Gasteiger partial charge in [0, 0.05) is 12.1 Å². The molecule has 2 aromatic rings. The van der Waals surface area contributed by atoms with Crippen LogP contribution in [0.15, 0.2) is 22.6 Å². The van der Waals surface area contributed by atoms with Gasteiger partial charge >= 0.3 is 12.7 Å². The number of hydrogen-bond acceptors (Lipinski definition) is 4. The average Bonchev–Trinajstić information content (AvgIpc) is 2.58. The molecule has 6 heteroatoms. The van der Waals surface area contributed by atoms with Gasteiger partial charge in [0.15, 0.2) is 5.58 Å². The highest BCUT2D eigenvalue weighted by Gasteiger charge is 2.13. The Morgan fingerprint density at radius 2 is 2.27 bits per heavy atom. The third-order valence-corrected chi connectivity index (χ3v) is 1.89. The topological polar surface area (TPSA) is 61.3 Å². The fourth-order valence-corrected chi connectivity index (χ4v) is 1.27. The summed E-state index contributed by atoms with van der Waals surface area (Å²) < 4.78 is 32.8. The molecule has 2 rings (SSSR count). The third-order valence-electron chi connectivity index (χ3n) is 1.89. The minimum absolute atomic E-state index is 0.251. The maximum Gasteiger partial charge on any atom is 0.399 e. The Morgan fingerprint density at radius 3 is 2.93 bits per heavy atom. The lowest BCUT2D eigenvalue weighted by Crippen LogP contribution is -2.01. The zero-order valence-corrected chi connectivity index (χ0v) is 7.61. The number of fused-ring (bicyclic) bond motifs is 1. The molecule has 0 saturated carbocycles. The molecular weight excluding hydrogens is 206 g/mol. The monoisotopic (exact) mass is 214 g/mol. The highest BCUT2D eigenvalue weighted by Crippen LogP contribution is 2.24. The fourth-order valence-electron chi connectivity index (χ4n) is 1.27. The lowest BCUT2D eigenvalue weighted by atomic mass is 10.2. The first-order valence-corrected chi connectivity index (χ1v) is 4.24. The van der Waals surface area contributed by atoms with Crippen molar-refractivity contribution >= 4 is 11.1 Å². The molecule has 0 radical (unpaired) electrons. The van der Waals surface area contributed by atoms with Crippen molar-refractivity contribution in [1.29, 1.82) is 0 Å². The van der Waals surface area contributed by atoms with Crippen molar-refractivity contribution in [2.24, 2.45) is 5.73 Å². The Morgan fingerprint density at radius 1 is 1.47 bits per heavy atom. The molecule has 0 aliphatic carbocycles. The van der Waals surface area contributed by atoms with Crippen LogP contribution in [0, 0.1) is 0 Å². The first kappa shape index (κ1) is 9.85. The number of nitrogens with two attached hydrogens (primary N) is 1. The van der Waals surface area contributed by atoms with Crippen molar-refractivity contribution in [3.8, 4) is 6.08 Å². The lowest BCUT2D eigenvalue weighted by Gasteiger charge is -1.96. The second-order valence-electron chi connectivity index (χ2n) is 2.83. The van der Waals surface area contributed by atoms with E-state index in [1.807, 2.05) is 0 Å². The fraction of sp³-hybridized carbons (Fsp3) is 0.222. The van der Waals surface area contributed by atoms with Gasteiger partial charge in [-0.3, -0.25) is 0 Å². The highest BCUT2D eigenvalue weighted by molar-refractivity contribution is 5.76. The number of alkyl halides is 2. The van der Waals surface area contributed by atoms with Crippen molar-refractivity contribution in [1.82, 2.24) is 4.98 Å². The van der Waals surface area contributed by atoms with E-state index in [0.717, 1.165) is 0 Å². The molecule has 1 aromatic carbocycles. The molecule has 0 fully saturated rings. The first-order chi connectivity index (χ1) is 7.20. The van der Waals surface area contributed by atoms with E-state index in [0.29, 0.717) is 16.7 Å². The summed E-state index contributed by atoms with van der Waals surface area (Å²) in [5.74, 6) is 0. The molecule has 0 bridgehead atoms. The van der Waals surface area contributed by atoms with Crippen LogP contribution in [-0.4, -0.2) is 11.6 Å². The Hall–Kier alpha value is -1.69. The Labute approximate surface area is 83.6 Å². The van der Waals surface area contributed by atoms with Gasteiger partial charge in [0.05, 0.1) is 0 Å². The van der Waals surface area contributed by atoms with Gasteiger partial charge in [-0.2, -0.15) is 13.8 Å². The molecule has 0 aliphatic heterocycles. The van der Waals surface area contributed by atoms with Gasteiger partial charge in [0.2, 0.25) is 0 Å². The molecule has 2 N–H and O–H groups in total. The van der Waals surface area contributed by atoms with Crippen LogP contribution in [0.2, 0.25) is 0 Å². The quantitative estimate of drug-likeness (QED) is 0.847. The second kappa shape index (κ2) is 3.82. The maximum absolute atomic E-state index is 11.9. The normalized spacial score (nSPS) is 11.2. The molecule has 0 unspecified atom stereocenters. The Bertz CT molecular complexity index is 470. The summed E-state index contributed by atoms with van der Waals surface area (Å²) >= 11 is 0. The molecule has 0 atom stereocenters. The largest absolute Gasteiger partial charge is 0.408 e. The highest BCUT2D eigenvalue weighted by atomic mass is 19.3. The van der Waals surface area contributed by atoms with Crippen LogP contribution in [0.1, 0.15) is 5.56 Å². The average molecular weight is 214 g/mol. The summed E-state index contributed by atoms with van der Waals surface area (Å²) in [5, 5.41) is 0. The van der Waals surface area contributed by atoms with Crippen LogP contribution in [0.3, 0.4) is 0 Å². The van der Waals surface area contributed by atoms with Crippen molar-refractivity contribution in [2.75, 3.05) is 0 Å². The number of hydrogen-bond donors (Lipinski definition) is 1. The summed E-state index contributed by atoms with van der Waals surface area (Å²) in [7, 11) is 0. The molecule has 1 heterocycles. The van der Waals surface area contributed by atoms with E-state index in [-0.39, 0.29) is 6.54 Å². The van der Waals surface area contributed by atoms with E-state index in [2.05, 4.69) is 9.72 Å². The van der Waals surface area contributed by atoms with Crippen LogP contribution in [0.4, 0.5) is 8.78 Å². The van der Waals surface area contributed by atoms with E-state index in [9.17, 15) is 8.78 Å². The zero-order valence-electron chi connectivity index (χ0n) is 7.61. The van der Waals surface area contributed by atoms with Crippen molar-refractivity contribution in [2.45, 2.75) is 13.2 Å². The number of para-hydroxylation sites is 1. The Kier molecular flexibility index (Phi) is 2.51. The van der Waals surface area contributed by atoms with Gasteiger partial charge in [-0.05, 0) is 6.07 Å². The molecular formula is C9H8F2N2O2. The number of benzene rings is 1. The summed E-state index contributed by atoms with van der Waals surface area (Å²) in [6.45, 7) is -2.69. The van der Waals surface area contributed by atoms with Gasteiger partial charge < -0.3 is 14.9 Å². The third kappa shape index (κ3) is 1.89. The number of aromatic nitrogens is 1. The molecule has 15 heavy (non-hydrogen) atoms. The van der Waals surface area contributed by atoms with Crippen molar-refractivity contribution in [3.05, 3.63) is 23.8 Å². The van der Waals surface area contributed by atoms with Gasteiger partial charge in [-0.1, -0.05) is 12.1 Å². The zero-order chi connectivity index (χ0) is 10.8. The molecule has 0 amide bonds. The van der Waals surface area contributed by atoms with Crippen LogP contribution in [-0.2, 0) is 6.54 Å². The second-order valence-corrected chi connectivity index (χ2v) is 2.83. The number of halogens is 2. The van der Waals surface area contributed by atoms with E-state index in [1.54, 1.807) is 18.2 Å². The number of nitrogens with zero attached hydrogens (tertiary/aromatic N) is 1. The molecule has 0 aliphatic rings. The van der Waals surface area contributed by atoms with E-state index in [1.165, 1.54) is 0 Å². The molecule has 1 aromatic heterocycles. The van der Waals surface area contributed by atoms with Crippen molar-refractivity contribution in [3.63, 3.8) is 0 Å². The molecule has 4 nitrogen and oxygen atoms in total. The summed E-state index contributed by atoms with van der Waals surface area (Å²) in [6.07, 6.45) is -0.444. The van der Waals surface area contributed by atoms with Gasteiger partial charge in [-0.25, -0.2) is 0 Å². The minimum atomic E-state index is -2.95. The van der Waals surface area contributed by atoms with E-state index < -0.39 is 12.7 Å². The van der Waals surface area contributed by atoms with Crippen molar-refractivity contribution < 1.29 is 17.9 Å². The van der Waals surface area contributed by atoms with Gasteiger partial charge in [-0.15, -0.1) is 0 Å². The maximum atomic E-state index is 11.9. The van der Waals surface area contributed by atoms with Crippen LogP contribution in [0.25, 0.3) is 11.1 Å². The Balaban J connectivity index is 2.45. The predicted molar refractivity (Wildman–Crippen MR) is 48.5 cm³/mol. The minimum Gasteiger partial charge on any atom is -0.408 e. The number of ether oxygens (including phenoxy) is 1. The predicted octanol–water partition coefficient (Wildman–Crippen LogP) is 1.89. The van der Waals surface area contributed by atoms with E-state index >= 15 is 0 Å². The number of oxazole rings is 1. The van der Waals surface area contributed by atoms with E-state index in [4.69, 9.17) is 10.2 Å². The molecule has 0 spiro atoms. The summed E-state index contributed by atoms with van der Waals surface area (Å²) in [6, 6.07) is 5.09. The lowest BCUT2D eigenvalue weighted by molar-refractivity contribution is -0.0664. The van der Waals surface area contributed by atoms with Gasteiger partial charge in [0.1, 0.15) is 5.52 Å². The summed E-state index contributed by atoms with van der Waals surface area (Å²) in [4.78, 5) is 3.74. The smallest absolute Gasteiger partial charge is 0.399 e. The van der Waals surface area contributed by atoms with Gasteiger partial charge in [0.25, 0.3) is 0 Å². The molecule has 0 saturated heterocycles. The summed E-state index contributed by atoms with van der Waals surface area (Å²) in [5.41, 5.74) is 6.99. The van der Waals surface area contributed by atoms with Crippen LogP contribution >= 0.6 is 0 Å². The molecule has 80 valence electrons. The first-order valence-electron chi connectivity index (χ1n) is 4.24. The van der Waals surface area contributed by atoms with Crippen LogP contribution < -0.4 is 10.5 Å². The standard InChI is InChI=1S/C9H8F2N2O2/c10-8(11)15-9-13-6-3-1-2-5(4-12)7(6)14-9/h1-3,8H,4,12H2. The number of rotatable bonds is 3. The SMILES string of the molecule is NCc1cccc2nc(OC(F)F)oc12. The van der Waals surface area contributed by atoms with Crippen LogP contribution in [0.5, 0.6) is 6.08 Å².